The fourth-order valence-electron chi connectivity index (χ4n) is 1.27. The Morgan fingerprint density at radius 1 is 1.12 bits per heavy atom. The first-order chi connectivity index (χ1) is 7.38. The molecule has 16 heavy (non-hydrogen) atoms. The average molecular weight is 228 g/mol. The first-order valence-corrected chi connectivity index (χ1v) is 5.83. The van der Waals surface area contributed by atoms with Gasteiger partial charge in [-0.25, -0.2) is 0 Å². The highest BCUT2D eigenvalue weighted by Gasteiger charge is 2.16. The third-order valence-corrected chi connectivity index (χ3v) is 2.42. The highest BCUT2D eigenvalue weighted by molar-refractivity contribution is 5.83. The SMILES string of the molecule is CCCN(CC(=O)C(C)C)CC(=O)N(C)C. The summed E-state index contributed by atoms with van der Waals surface area (Å²) >= 11 is 0. The molecule has 0 N–H and O–H groups in total. The molecule has 0 aliphatic rings. The lowest BCUT2D eigenvalue weighted by molar-refractivity contribution is -0.131. The highest BCUT2D eigenvalue weighted by atomic mass is 16.2. The Hall–Kier alpha value is -0.900. The monoisotopic (exact) mass is 228 g/mol. The van der Waals surface area contributed by atoms with Crippen LogP contribution in [0.1, 0.15) is 27.2 Å². The Bertz CT molecular complexity index is 215. The second-order valence-corrected chi connectivity index (χ2v) is 4.62. The van der Waals surface area contributed by atoms with Gasteiger partial charge in [0.1, 0.15) is 5.78 Å². The van der Waals surface area contributed by atoms with Crippen LogP contribution in [0.4, 0.5) is 0 Å². The molecule has 4 nitrogen and oxygen atoms in total. The molecule has 0 aromatic rings. The van der Waals surface area contributed by atoms with Crippen molar-refractivity contribution in [1.82, 2.24) is 9.80 Å². The van der Waals surface area contributed by atoms with Crippen LogP contribution in [-0.2, 0) is 9.59 Å². The second-order valence-electron chi connectivity index (χ2n) is 4.62. The van der Waals surface area contributed by atoms with Crippen LogP contribution in [0.25, 0.3) is 0 Å². The molecule has 0 heterocycles. The number of hydrogen-bond donors (Lipinski definition) is 0. The van der Waals surface area contributed by atoms with Gasteiger partial charge >= 0.3 is 0 Å². The molecule has 0 atom stereocenters. The van der Waals surface area contributed by atoms with Crippen molar-refractivity contribution >= 4 is 11.7 Å². The Balaban J connectivity index is 4.27. The zero-order valence-electron chi connectivity index (χ0n) is 11.1. The molecule has 94 valence electrons. The number of carbonyl (C=O) groups is 2. The van der Waals surface area contributed by atoms with Gasteiger partial charge in [0.2, 0.25) is 5.91 Å². The smallest absolute Gasteiger partial charge is 0.236 e. The van der Waals surface area contributed by atoms with Crippen molar-refractivity contribution < 1.29 is 9.59 Å². The third-order valence-electron chi connectivity index (χ3n) is 2.42. The largest absolute Gasteiger partial charge is 0.348 e. The molecule has 0 saturated heterocycles. The first kappa shape index (κ1) is 15.1. The minimum absolute atomic E-state index is 0.0359. The van der Waals surface area contributed by atoms with Gasteiger partial charge in [-0.2, -0.15) is 0 Å². The van der Waals surface area contributed by atoms with E-state index >= 15 is 0 Å². The summed E-state index contributed by atoms with van der Waals surface area (Å²) in [5.41, 5.74) is 0. The number of rotatable bonds is 7. The molecule has 0 spiro atoms. The van der Waals surface area contributed by atoms with Crippen LogP contribution in [-0.4, -0.2) is 55.2 Å². The molecule has 0 aliphatic carbocycles. The zero-order valence-corrected chi connectivity index (χ0v) is 11.1. The van der Waals surface area contributed by atoms with Gasteiger partial charge in [0.15, 0.2) is 0 Å². The lowest BCUT2D eigenvalue weighted by atomic mass is 10.1. The summed E-state index contributed by atoms with van der Waals surface area (Å²) in [6.07, 6.45) is 0.950. The number of hydrogen-bond acceptors (Lipinski definition) is 3. The summed E-state index contributed by atoms with van der Waals surface area (Å²) in [5.74, 6) is 0.277. The molecular weight excluding hydrogens is 204 g/mol. The van der Waals surface area contributed by atoms with E-state index in [1.807, 2.05) is 25.7 Å². The maximum atomic E-state index is 11.6. The third kappa shape index (κ3) is 5.85. The van der Waals surface area contributed by atoms with Crippen molar-refractivity contribution in [3.63, 3.8) is 0 Å². The standard InChI is InChI=1S/C12H24N2O2/c1-6-7-14(8-11(15)10(2)3)9-12(16)13(4)5/h10H,6-9H2,1-5H3. The Labute approximate surface area is 98.6 Å². The van der Waals surface area contributed by atoms with Gasteiger partial charge in [-0.05, 0) is 13.0 Å². The van der Waals surface area contributed by atoms with Crippen LogP contribution in [0.5, 0.6) is 0 Å². The van der Waals surface area contributed by atoms with Crippen molar-refractivity contribution in [1.29, 1.82) is 0 Å². The molecule has 0 unspecified atom stereocenters. The van der Waals surface area contributed by atoms with E-state index in [0.29, 0.717) is 13.1 Å². The van der Waals surface area contributed by atoms with Gasteiger partial charge in [-0.3, -0.25) is 14.5 Å². The van der Waals surface area contributed by atoms with E-state index in [2.05, 4.69) is 0 Å². The van der Waals surface area contributed by atoms with Crippen LogP contribution in [0, 0.1) is 5.92 Å². The van der Waals surface area contributed by atoms with Crippen molar-refractivity contribution in [2.75, 3.05) is 33.7 Å². The van der Waals surface area contributed by atoms with Crippen LogP contribution < -0.4 is 0 Å². The molecule has 4 heteroatoms. The van der Waals surface area contributed by atoms with Crippen molar-refractivity contribution in [3.05, 3.63) is 0 Å². The van der Waals surface area contributed by atoms with Gasteiger partial charge in [0.05, 0.1) is 13.1 Å². The van der Waals surface area contributed by atoms with E-state index in [0.717, 1.165) is 13.0 Å². The average Bonchev–Trinajstić information content (AvgIpc) is 2.17. The normalized spacial score (nSPS) is 10.9. The summed E-state index contributed by atoms with van der Waals surface area (Å²) in [7, 11) is 3.47. The van der Waals surface area contributed by atoms with Crippen molar-refractivity contribution in [2.45, 2.75) is 27.2 Å². The van der Waals surface area contributed by atoms with Gasteiger partial charge in [-0.1, -0.05) is 20.8 Å². The van der Waals surface area contributed by atoms with E-state index in [9.17, 15) is 9.59 Å². The van der Waals surface area contributed by atoms with E-state index in [1.54, 1.807) is 19.0 Å². The molecule has 0 aliphatic heterocycles. The lowest BCUT2D eigenvalue weighted by Crippen LogP contribution is -2.40. The van der Waals surface area contributed by atoms with Crippen LogP contribution in [0.2, 0.25) is 0 Å². The quantitative estimate of drug-likeness (QED) is 0.653. The maximum Gasteiger partial charge on any atom is 0.236 e. The first-order valence-electron chi connectivity index (χ1n) is 5.83. The molecular formula is C12H24N2O2. The van der Waals surface area contributed by atoms with Crippen molar-refractivity contribution in [3.8, 4) is 0 Å². The Morgan fingerprint density at radius 2 is 1.69 bits per heavy atom. The molecule has 0 rings (SSSR count). The zero-order chi connectivity index (χ0) is 12.7. The predicted octanol–water partition coefficient (Wildman–Crippen LogP) is 1.01. The number of carbonyl (C=O) groups excluding carboxylic acids is 2. The van der Waals surface area contributed by atoms with Gasteiger partial charge in [0.25, 0.3) is 0 Å². The van der Waals surface area contributed by atoms with E-state index in [1.165, 1.54) is 0 Å². The molecule has 0 saturated carbocycles. The summed E-state index contributed by atoms with van der Waals surface area (Å²) in [4.78, 5) is 26.6. The number of Topliss-reactive ketones (excluding diaryl/α,β-unsaturated/α-hetero) is 1. The summed E-state index contributed by atoms with van der Waals surface area (Å²) in [6, 6.07) is 0. The molecule has 0 aromatic carbocycles. The molecule has 1 amide bonds. The molecule has 0 aromatic heterocycles. The number of ketones is 1. The van der Waals surface area contributed by atoms with Gasteiger partial charge in [-0.15, -0.1) is 0 Å². The maximum absolute atomic E-state index is 11.6. The number of likely N-dealkylation sites (N-methyl/N-ethyl adjacent to an activating group) is 1. The van der Waals surface area contributed by atoms with Gasteiger partial charge < -0.3 is 4.90 Å². The number of amides is 1. The molecule has 0 bridgehead atoms. The van der Waals surface area contributed by atoms with Crippen LogP contribution in [0.15, 0.2) is 0 Å². The van der Waals surface area contributed by atoms with E-state index in [-0.39, 0.29) is 17.6 Å². The second kappa shape index (κ2) is 7.39. The summed E-state index contributed by atoms with van der Waals surface area (Å²) < 4.78 is 0. The topological polar surface area (TPSA) is 40.6 Å². The van der Waals surface area contributed by atoms with Crippen LogP contribution in [0.3, 0.4) is 0 Å². The molecule has 0 radical (unpaired) electrons. The minimum Gasteiger partial charge on any atom is -0.348 e. The fourth-order valence-corrected chi connectivity index (χ4v) is 1.27. The Kier molecular flexibility index (Phi) is 6.97. The van der Waals surface area contributed by atoms with Crippen LogP contribution >= 0.6 is 0 Å². The summed E-state index contributed by atoms with van der Waals surface area (Å²) in [5, 5.41) is 0. The Morgan fingerprint density at radius 3 is 2.06 bits per heavy atom. The van der Waals surface area contributed by atoms with E-state index in [4.69, 9.17) is 0 Å². The lowest BCUT2D eigenvalue weighted by Gasteiger charge is -2.22. The highest BCUT2D eigenvalue weighted by Crippen LogP contribution is 2.00. The predicted molar refractivity (Wildman–Crippen MR) is 65.3 cm³/mol. The van der Waals surface area contributed by atoms with Gasteiger partial charge in [0, 0.05) is 20.0 Å². The van der Waals surface area contributed by atoms with Crippen molar-refractivity contribution in [2.24, 2.45) is 5.92 Å². The number of nitrogens with zero attached hydrogens (tertiary/aromatic N) is 2. The molecule has 0 fully saturated rings. The van der Waals surface area contributed by atoms with E-state index < -0.39 is 0 Å². The fraction of sp³-hybridized carbons (Fsp3) is 0.833. The summed E-state index contributed by atoms with van der Waals surface area (Å²) in [6.45, 7) is 7.33. The minimum atomic E-state index is 0.0359.